The first-order valence-electron chi connectivity index (χ1n) is 5.40. The number of hydrogen-bond acceptors (Lipinski definition) is 2. The van der Waals surface area contributed by atoms with Gasteiger partial charge in [0, 0.05) is 11.1 Å². The van der Waals surface area contributed by atoms with Crippen molar-refractivity contribution >= 4 is 5.91 Å². The van der Waals surface area contributed by atoms with Crippen molar-refractivity contribution in [1.29, 1.82) is 0 Å². The van der Waals surface area contributed by atoms with E-state index in [0.717, 1.165) is 22.3 Å². The van der Waals surface area contributed by atoms with E-state index < -0.39 is 12.0 Å². The van der Waals surface area contributed by atoms with Crippen molar-refractivity contribution in [3.8, 4) is 11.1 Å². The molecule has 3 heteroatoms. The minimum atomic E-state index is -0.666. The molecule has 0 radical (unpaired) electrons. The van der Waals surface area contributed by atoms with Gasteiger partial charge in [0.15, 0.2) is 0 Å². The molecule has 2 aromatic carbocycles. The van der Waals surface area contributed by atoms with Crippen LogP contribution in [-0.2, 0) is 0 Å². The zero-order valence-corrected chi connectivity index (χ0v) is 9.05. The lowest BCUT2D eigenvalue weighted by Crippen LogP contribution is -2.12. The topological polar surface area (TPSA) is 63.3 Å². The van der Waals surface area contributed by atoms with Gasteiger partial charge in [-0.2, -0.15) is 0 Å². The van der Waals surface area contributed by atoms with E-state index in [1.165, 1.54) is 0 Å². The number of carbonyl (C=O) groups is 1. The van der Waals surface area contributed by atoms with E-state index >= 15 is 0 Å². The molecule has 3 nitrogen and oxygen atoms in total. The predicted octanol–water partition coefficient (Wildman–Crippen LogP) is 1.85. The summed E-state index contributed by atoms with van der Waals surface area (Å²) in [6.07, 6.45) is -0.666. The highest BCUT2D eigenvalue weighted by Crippen LogP contribution is 2.44. The minimum absolute atomic E-state index is 0.464. The second kappa shape index (κ2) is 3.43. The van der Waals surface area contributed by atoms with Crippen LogP contribution in [0.1, 0.15) is 27.6 Å². The van der Waals surface area contributed by atoms with Crippen LogP contribution in [-0.4, -0.2) is 11.0 Å². The molecule has 0 saturated carbocycles. The third-order valence-electron chi connectivity index (χ3n) is 3.18. The molecule has 2 aromatic rings. The molecule has 3 rings (SSSR count). The van der Waals surface area contributed by atoms with Crippen LogP contribution in [0.3, 0.4) is 0 Å². The molecule has 0 unspecified atom stereocenters. The summed E-state index contributed by atoms with van der Waals surface area (Å²) in [5.74, 6) is -0.467. The lowest BCUT2D eigenvalue weighted by molar-refractivity contribution is 0.100. The number of carbonyl (C=O) groups excluding carboxylic acids is 1. The lowest BCUT2D eigenvalue weighted by Gasteiger charge is -2.06. The van der Waals surface area contributed by atoms with Crippen molar-refractivity contribution in [1.82, 2.24) is 0 Å². The zero-order valence-electron chi connectivity index (χ0n) is 9.05. The molecule has 0 aromatic heterocycles. The highest BCUT2D eigenvalue weighted by atomic mass is 16.3. The highest BCUT2D eigenvalue weighted by molar-refractivity contribution is 6.02. The fourth-order valence-electron chi connectivity index (χ4n) is 2.43. The van der Waals surface area contributed by atoms with Crippen LogP contribution in [0.2, 0.25) is 0 Å². The third kappa shape index (κ3) is 1.29. The molecule has 1 atom stereocenters. The van der Waals surface area contributed by atoms with Crippen molar-refractivity contribution < 1.29 is 9.90 Å². The quantitative estimate of drug-likeness (QED) is 0.777. The maximum atomic E-state index is 11.4. The number of primary amides is 1. The van der Waals surface area contributed by atoms with Gasteiger partial charge >= 0.3 is 0 Å². The first-order valence-corrected chi connectivity index (χ1v) is 5.40. The van der Waals surface area contributed by atoms with Gasteiger partial charge in [-0.15, -0.1) is 0 Å². The molecule has 3 N–H and O–H groups in total. The second-order valence-electron chi connectivity index (χ2n) is 4.12. The number of aliphatic hydroxyl groups is 1. The normalized spacial score (nSPS) is 16.4. The molecule has 0 fully saturated rings. The van der Waals surface area contributed by atoms with Crippen LogP contribution in [0, 0.1) is 0 Å². The number of fused-ring (bicyclic) bond motifs is 3. The first kappa shape index (κ1) is 10.1. The van der Waals surface area contributed by atoms with Gasteiger partial charge in [0.05, 0.1) is 0 Å². The summed E-state index contributed by atoms with van der Waals surface area (Å²) in [4.78, 5) is 11.4. The van der Waals surface area contributed by atoms with Crippen LogP contribution >= 0.6 is 0 Å². The Labute approximate surface area is 98.5 Å². The summed E-state index contributed by atoms with van der Waals surface area (Å²) in [5.41, 5.74) is 9.08. The van der Waals surface area contributed by atoms with E-state index in [1.807, 2.05) is 30.3 Å². The van der Waals surface area contributed by atoms with Crippen LogP contribution in [0.5, 0.6) is 0 Å². The standard InChI is InChI=1S/C14H11NO2/c15-14(17)11-7-3-6-10-12(11)8-4-1-2-5-9(8)13(10)16/h1-7,13,16H,(H2,15,17)/t13-/m0/s1. The predicted molar refractivity (Wildman–Crippen MR) is 64.5 cm³/mol. The van der Waals surface area contributed by atoms with E-state index in [-0.39, 0.29) is 0 Å². The van der Waals surface area contributed by atoms with E-state index in [1.54, 1.807) is 12.1 Å². The number of rotatable bonds is 1. The third-order valence-corrected chi connectivity index (χ3v) is 3.18. The molecule has 0 bridgehead atoms. The Kier molecular flexibility index (Phi) is 2.03. The van der Waals surface area contributed by atoms with Crippen molar-refractivity contribution in [3.05, 3.63) is 59.2 Å². The van der Waals surface area contributed by atoms with Gasteiger partial charge in [-0.25, -0.2) is 0 Å². The van der Waals surface area contributed by atoms with Crippen molar-refractivity contribution in [2.75, 3.05) is 0 Å². The van der Waals surface area contributed by atoms with E-state index in [2.05, 4.69) is 0 Å². The molecule has 1 amide bonds. The average molecular weight is 225 g/mol. The summed E-state index contributed by atoms with van der Waals surface area (Å²) in [6.45, 7) is 0. The number of benzene rings is 2. The smallest absolute Gasteiger partial charge is 0.249 e. The molecule has 0 aliphatic heterocycles. The van der Waals surface area contributed by atoms with Gasteiger partial charge in [-0.3, -0.25) is 4.79 Å². The molecule has 84 valence electrons. The van der Waals surface area contributed by atoms with Crippen molar-refractivity contribution in [3.63, 3.8) is 0 Å². The van der Waals surface area contributed by atoms with Crippen molar-refractivity contribution in [2.45, 2.75) is 6.10 Å². The number of hydrogen-bond donors (Lipinski definition) is 2. The minimum Gasteiger partial charge on any atom is -0.384 e. The number of nitrogens with two attached hydrogens (primary N) is 1. The molecule has 0 spiro atoms. The molecule has 1 aliphatic rings. The number of amides is 1. The summed E-state index contributed by atoms with van der Waals surface area (Å²) in [6, 6.07) is 12.8. The summed E-state index contributed by atoms with van der Waals surface area (Å²) >= 11 is 0. The van der Waals surface area contributed by atoms with Crippen LogP contribution in [0.15, 0.2) is 42.5 Å². The SMILES string of the molecule is NC(=O)c1cccc2c1-c1ccccc1[C@@H]2O. The molecular formula is C14H11NO2. The summed E-state index contributed by atoms with van der Waals surface area (Å²) < 4.78 is 0. The average Bonchev–Trinajstić information content (AvgIpc) is 2.64. The first-order chi connectivity index (χ1) is 8.20. The van der Waals surface area contributed by atoms with Crippen LogP contribution < -0.4 is 5.73 Å². The van der Waals surface area contributed by atoms with Gasteiger partial charge in [0.1, 0.15) is 6.10 Å². The van der Waals surface area contributed by atoms with Crippen LogP contribution in [0.4, 0.5) is 0 Å². The molecule has 0 saturated heterocycles. The number of aliphatic hydroxyl groups excluding tert-OH is 1. The highest BCUT2D eigenvalue weighted by Gasteiger charge is 2.29. The Hall–Kier alpha value is -2.13. The van der Waals surface area contributed by atoms with Crippen molar-refractivity contribution in [2.24, 2.45) is 5.73 Å². The Morgan fingerprint density at radius 2 is 1.76 bits per heavy atom. The summed E-state index contributed by atoms with van der Waals surface area (Å²) in [5, 5.41) is 10.2. The Balaban J connectivity index is 2.38. The second-order valence-corrected chi connectivity index (χ2v) is 4.12. The molecule has 17 heavy (non-hydrogen) atoms. The van der Waals surface area contributed by atoms with Gasteiger partial charge in [-0.1, -0.05) is 36.4 Å². The molecular weight excluding hydrogens is 214 g/mol. The van der Waals surface area contributed by atoms with Gasteiger partial charge in [0.2, 0.25) is 5.91 Å². The Morgan fingerprint density at radius 3 is 2.53 bits per heavy atom. The Morgan fingerprint density at radius 1 is 1.06 bits per heavy atom. The fourth-order valence-corrected chi connectivity index (χ4v) is 2.43. The largest absolute Gasteiger partial charge is 0.384 e. The van der Waals surface area contributed by atoms with Gasteiger partial charge in [-0.05, 0) is 22.8 Å². The Bertz CT molecular complexity index is 619. The van der Waals surface area contributed by atoms with Gasteiger partial charge < -0.3 is 10.8 Å². The van der Waals surface area contributed by atoms with E-state index in [9.17, 15) is 9.90 Å². The summed E-state index contributed by atoms with van der Waals surface area (Å²) in [7, 11) is 0. The maximum Gasteiger partial charge on any atom is 0.249 e. The van der Waals surface area contributed by atoms with E-state index in [0.29, 0.717) is 5.56 Å². The fraction of sp³-hybridized carbons (Fsp3) is 0.0714. The molecule has 1 aliphatic carbocycles. The van der Waals surface area contributed by atoms with Gasteiger partial charge in [0.25, 0.3) is 0 Å². The zero-order chi connectivity index (χ0) is 12.0. The maximum absolute atomic E-state index is 11.4. The lowest BCUT2D eigenvalue weighted by atomic mass is 9.99. The van der Waals surface area contributed by atoms with E-state index in [4.69, 9.17) is 5.73 Å². The monoisotopic (exact) mass is 225 g/mol. The van der Waals surface area contributed by atoms with Crippen LogP contribution in [0.25, 0.3) is 11.1 Å². The molecule has 0 heterocycles.